The molecule has 0 radical (unpaired) electrons. The van der Waals surface area contributed by atoms with E-state index in [0.717, 1.165) is 5.56 Å². The van der Waals surface area contributed by atoms with Gasteiger partial charge in [0.25, 0.3) is 0 Å². The molecule has 2 fully saturated rings. The first-order valence-electron chi connectivity index (χ1n) is 7.35. The van der Waals surface area contributed by atoms with E-state index in [1.54, 1.807) is 0 Å². The number of ether oxygens (including phenoxy) is 4. The van der Waals surface area contributed by atoms with Gasteiger partial charge >= 0.3 is 0 Å². The zero-order valence-corrected chi connectivity index (χ0v) is 14.9. The number of hydrogen-bond acceptors (Lipinski definition) is 5. The van der Waals surface area contributed by atoms with Gasteiger partial charge in [0.05, 0.1) is 13.2 Å². The smallest absolute Gasteiger partial charge is 0.190 e. The lowest BCUT2D eigenvalue weighted by Gasteiger charge is -2.34. The lowest BCUT2D eigenvalue weighted by Crippen LogP contribution is -2.50. The summed E-state index contributed by atoms with van der Waals surface area (Å²) in [6.45, 7) is 4.02. The fourth-order valence-electron chi connectivity index (χ4n) is 2.94. The normalized spacial score (nSPS) is 36.5. The van der Waals surface area contributed by atoms with Gasteiger partial charge in [0.1, 0.15) is 17.8 Å². The Morgan fingerprint density at radius 2 is 1.91 bits per heavy atom. The number of hydrogen-bond donors (Lipinski definition) is 1. The summed E-state index contributed by atoms with van der Waals surface area (Å²) in [6.07, 6.45) is -1.21. The van der Waals surface area contributed by atoms with E-state index in [0.29, 0.717) is 11.0 Å². The number of benzene rings is 1. The van der Waals surface area contributed by atoms with E-state index in [1.807, 2.05) is 44.2 Å². The molecule has 1 aromatic carbocycles. The molecule has 2 saturated heterocycles. The standard InChI is InChI=1S/C16H21IO5/c1-15(2)20-12-13(19-8-11-6-4-3-5-7-11)16(9-17,10-18)22-14(12)21-15/h3-7,12-14,18H,8-10H2,1-2H3/t12-,13-,14+,16?/m1/s1. The highest BCUT2D eigenvalue weighted by Gasteiger charge is 2.62. The van der Waals surface area contributed by atoms with E-state index >= 15 is 0 Å². The Balaban J connectivity index is 1.77. The van der Waals surface area contributed by atoms with Crippen molar-refractivity contribution in [2.45, 2.75) is 50.3 Å². The third-order valence-electron chi connectivity index (χ3n) is 4.02. The first-order valence-corrected chi connectivity index (χ1v) is 8.88. The third-order valence-corrected chi connectivity index (χ3v) is 5.31. The fourth-order valence-corrected chi connectivity index (χ4v) is 3.79. The average molecular weight is 420 g/mol. The van der Waals surface area contributed by atoms with E-state index in [-0.39, 0.29) is 18.8 Å². The van der Waals surface area contributed by atoms with Gasteiger partial charge in [0, 0.05) is 4.43 Å². The molecule has 1 aromatic rings. The van der Waals surface area contributed by atoms with Crippen LogP contribution in [0.2, 0.25) is 0 Å². The highest BCUT2D eigenvalue weighted by Crippen LogP contribution is 2.44. The van der Waals surface area contributed by atoms with Crippen LogP contribution in [0.15, 0.2) is 30.3 Å². The second kappa shape index (κ2) is 6.33. The van der Waals surface area contributed by atoms with E-state index in [9.17, 15) is 5.11 Å². The zero-order valence-electron chi connectivity index (χ0n) is 12.7. The minimum atomic E-state index is -0.791. The van der Waals surface area contributed by atoms with Gasteiger partial charge in [-0.25, -0.2) is 0 Å². The van der Waals surface area contributed by atoms with Crippen molar-refractivity contribution in [2.24, 2.45) is 0 Å². The number of alkyl halides is 1. The summed E-state index contributed by atoms with van der Waals surface area (Å²) < 4.78 is 24.4. The van der Waals surface area contributed by atoms with E-state index < -0.39 is 17.7 Å². The Bertz CT molecular complexity index is 503. The molecule has 2 aliphatic heterocycles. The molecule has 0 aromatic heterocycles. The second-order valence-corrected chi connectivity index (χ2v) is 6.92. The number of fused-ring (bicyclic) bond motifs is 1. The molecule has 0 amide bonds. The van der Waals surface area contributed by atoms with Crippen LogP contribution in [0.25, 0.3) is 0 Å². The Morgan fingerprint density at radius 1 is 1.18 bits per heavy atom. The lowest BCUT2D eigenvalue weighted by molar-refractivity contribution is -0.245. The van der Waals surface area contributed by atoms with E-state index in [4.69, 9.17) is 18.9 Å². The predicted molar refractivity (Wildman–Crippen MR) is 88.6 cm³/mol. The van der Waals surface area contributed by atoms with Gasteiger partial charge in [-0.05, 0) is 19.4 Å². The molecule has 1 unspecified atom stereocenters. The summed E-state index contributed by atoms with van der Waals surface area (Å²) in [4.78, 5) is 0. The van der Waals surface area contributed by atoms with E-state index in [2.05, 4.69) is 22.6 Å². The van der Waals surface area contributed by atoms with Gasteiger partial charge in [0.2, 0.25) is 0 Å². The van der Waals surface area contributed by atoms with Gasteiger partial charge < -0.3 is 24.1 Å². The first kappa shape index (κ1) is 16.6. The number of aliphatic hydroxyl groups excluding tert-OH is 1. The maximum atomic E-state index is 9.85. The molecule has 3 rings (SSSR count). The molecule has 4 atom stereocenters. The molecule has 1 N–H and O–H groups in total. The molecule has 0 spiro atoms. The monoisotopic (exact) mass is 420 g/mol. The van der Waals surface area contributed by atoms with Gasteiger partial charge in [-0.2, -0.15) is 0 Å². The number of aliphatic hydroxyl groups is 1. The number of halogens is 1. The Hall–Kier alpha value is -0.250. The van der Waals surface area contributed by atoms with Crippen LogP contribution in [0, 0.1) is 0 Å². The minimum absolute atomic E-state index is 0.129. The molecular weight excluding hydrogens is 399 g/mol. The molecule has 22 heavy (non-hydrogen) atoms. The summed E-state index contributed by atoms with van der Waals surface area (Å²) in [7, 11) is 0. The third kappa shape index (κ3) is 3.05. The van der Waals surface area contributed by atoms with Crippen molar-refractivity contribution in [3.8, 4) is 0 Å². The second-order valence-electron chi connectivity index (χ2n) is 6.16. The van der Waals surface area contributed by atoms with Crippen molar-refractivity contribution in [3.05, 3.63) is 35.9 Å². The summed E-state index contributed by atoms with van der Waals surface area (Å²) in [6, 6.07) is 9.93. The molecule has 5 nitrogen and oxygen atoms in total. The van der Waals surface area contributed by atoms with E-state index in [1.165, 1.54) is 0 Å². The van der Waals surface area contributed by atoms with Crippen LogP contribution < -0.4 is 0 Å². The van der Waals surface area contributed by atoms with Crippen molar-refractivity contribution < 1.29 is 24.1 Å². The van der Waals surface area contributed by atoms with Crippen molar-refractivity contribution in [2.75, 3.05) is 11.0 Å². The van der Waals surface area contributed by atoms with Crippen LogP contribution in [-0.4, -0.2) is 46.0 Å². The van der Waals surface area contributed by atoms with Crippen LogP contribution >= 0.6 is 22.6 Å². The average Bonchev–Trinajstić information content (AvgIpc) is 2.95. The Morgan fingerprint density at radius 3 is 2.55 bits per heavy atom. The lowest BCUT2D eigenvalue weighted by atomic mass is 9.98. The van der Waals surface area contributed by atoms with Gasteiger partial charge in [-0.3, -0.25) is 0 Å². The molecule has 0 saturated carbocycles. The van der Waals surface area contributed by atoms with Crippen LogP contribution in [0.1, 0.15) is 19.4 Å². The van der Waals surface area contributed by atoms with Crippen LogP contribution in [-0.2, 0) is 25.6 Å². The molecule has 122 valence electrons. The zero-order chi connectivity index (χ0) is 15.8. The maximum Gasteiger partial charge on any atom is 0.190 e. The molecule has 2 heterocycles. The van der Waals surface area contributed by atoms with Crippen molar-refractivity contribution in [3.63, 3.8) is 0 Å². The van der Waals surface area contributed by atoms with Crippen molar-refractivity contribution in [1.29, 1.82) is 0 Å². The SMILES string of the molecule is CC1(C)O[C@H]2OC(CO)(CI)[C@H](OCc3ccccc3)[C@H]2O1. The number of rotatable bonds is 5. The maximum absolute atomic E-state index is 9.85. The first-order chi connectivity index (χ1) is 10.5. The highest BCUT2D eigenvalue weighted by atomic mass is 127. The quantitative estimate of drug-likeness (QED) is 0.585. The van der Waals surface area contributed by atoms with Gasteiger partial charge in [-0.1, -0.05) is 52.9 Å². The predicted octanol–water partition coefficient (Wildman–Crippen LogP) is 2.25. The van der Waals surface area contributed by atoms with Crippen LogP contribution in [0.5, 0.6) is 0 Å². The van der Waals surface area contributed by atoms with Crippen LogP contribution in [0.4, 0.5) is 0 Å². The largest absolute Gasteiger partial charge is 0.393 e. The molecule has 0 aliphatic carbocycles. The molecule has 2 aliphatic rings. The van der Waals surface area contributed by atoms with Gasteiger partial charge in [0.15, 0.2) is 12.1 Å². The summed E-state index contributed by atoms with van der Waals surface area (Å²) in [5.41, 5.74) is 0.283. The Labute approximate surface area is 144 Å². The van der Waals surface area contributed by atoms with Crippen molar-refractivity contribution in [1.82, 2.24) is 0 Å². The highest BCUT2D eigenvalue weighted by molar-refractivity contribution is 14.1. The molecular formula is C16H21IO5. The Kier molecular flexibility index (Phi) is 4.78. The summed E-state index contributed by atoms with van der Waals surface area (Å²) in [5, 5.41) is 9.85. The minimum Gasteiger partial charge on any atom is -0.393 e. The summed E-state index contributed by atoms with van der Waals surface area (Å²) in [5.74, 6) is -0.698. The van der Waals surface area contributed by atoms with Crippen molar-refractivity contribution >= 4 is 22.6 Å². The van der Waals surface area contributed by atoms with Crippen LogP contribution in [0.3, 0.4) is 0 Å². The molecule has 6 heteroatoms. The molecule has 0 bridgehead atoms. The summed E-state index contributed by atoms with van der Waals surface area (Å²) >= 11 is 2.21. The fraction of sp³-hybridized carbons (Fsp3) is 0.625. The van der Waals surface area contributed by atoms with Gasteiger partial charge in [-0.15, -0.1) is 0 Å². The topological polar surface area (TPSA) is 57.2 Å².